The van der Waals surface area contributed by atoms with Crippen LogP contribution < -0.4 is 4.90 Å². The van der Waals surface area contributed by atoms with E-state index in [1.807, 2.05) is 23.5 Å². The molecule has 55 heavy (non-hydrogen) atoms. The molecule has 9 aromatic carbocycles. The third kappa shape index (κ3) is 5.24. The minimum absolute atomic E-state index is 0.906. The quantitative estimate of drug-likeness (QED) is 0.170. The van der Waals surface area contributed by atoms with Gasteiger partial charge in [-0.15, -0.1) is 11.3 Å². The number of furan rings is 1. The summed E-state index contributed by atoms with van der Waals surface area (Å²) in [7, 11) is 0. The number of fused-ring (bicyclic) bond motifs is 7. The fourth-order valence-electron chi connectivity index (χ4n) is 8.34. The first-order valence-electron chi connectivity index (χ1n) is 18.7. The van der Waals surface area contributed by atoms with Gasteiger partial charge in [-0.3, -0.25) is 0 Å². The lowest BCUT2D eigenvalue weighted by atomic mass is 9.95. The SMILES string of the molecule is c1cc(-c2cccc3c2sc2ccccc23)cc(N(c2ccc(-c3cccc4c3oc3ccccc34)cc2)c2ccccc2-c2cccc3ccccc23)c1. The van der Waals surface area contributed by atoms with Crippen molar-refractivity contribution in [2.24, 2.45) is 0 Å². The lowest BCUT2D eigenvalue weighted by molar-refractivity contribution is 0.670. The number of anilines is 3. The number of hydrogen-bond donors (Lipinski definition) is 0. The van der Waals surface area contributed by atoms with Gasteiger partial charge in [0.05, 0.1) is 5.69 Å². The van der Waals surface area contributed by atoms with Crippen LogP contribution >= 0.6 is 11.3 Å². The lowest BCUT2D eigenvalue weighted by Gasteiger charge is -2.29. The summed E-state index contributed by atoms with van der Waals surface area (Å²) in [6, 6.07) is 72.2. The van der Waals surface area contributed by atoms with Crippen LogP contribution in [-0.4, -0.2) is 0 Å². The Morgan fingerprint density at radius 2 is 1.02 bits per heavy atom. The summed E-state index contributed by atoms with van der Waals surface area (Å²) in [5.74, 6) is 0. The van der Waals surface area contributed by atoms with Gasteiger partial charge in [0.25, 0.3) is 0 Å². The van der Waals surface area contributed by atoms with Crippen molar-refractivity contribution in [2.45, 2.75) is 0 Å². The summed E-state index contributed by atoms with van der Waals surface area (Å²) >= 11 is 1.87. The number of thiophene rings is 1. The van der Waals surface area contributed by atoms with Crippen LogP contribution in [0.2, 0.25) is 0 Å². The van der Waals surface area contributed by atoms with Gasteiger partial charge in [0.1, 0.15) is 11.2 Å². The second kappa shape index (κ2) is 12.9. The van der Waals surface area contributed by atoms with Crippen LogP contribution in [0.5, 0.6) is 0 Å². The largest absolute Gasteiger partial charge is 0.455 e. The Labute approximate surface area is 322 Å². The third-order valence-corrected chi connectivity index (χ3v) is 12.1. The maximum absolute atomic E-state index is 6.45. The van der Waals surface area contributed by atoms with E-state index >= 15 is 0 Å². The van der Waals surface area contributed by atoms with Crippen LogP contribution in [0.3, 0.4) is 0 Å². The highest BCUT2D eigenvalue weighted by atomic mass is 32.1. The van der Waals surface area contributed by atoms with Crippen LogP contribution in [0.1, 0.15) is 0 Å². The van der Waals surface area contributed by atoms with Gasteiger partial charge < -0.3 is 9.32 Å². The van der Waals surface area contributed by atoms with Gasteiger partial charge in [-0.05, 0) is 75.5 Å². The molecular formula is C52H33NOS. The van der Waals surface area contributed by atoms with Crippen LogP contribution in [-0.2, 0) is 0 Å². The first-order valence-corrected chi connectivity index (χ1v) is 19.5. The summed E-state index contributed by atoms with van der Waals surface area (Å²) in [4.78, 5) is 2.41. The predicted octanol–water partition coefficient (Wildman–Crippen LogP) is 15.6. The van der Waals surface area contributed by atoms with Crippen molar-refractivity contribution >= 4 is 81.3 Å². The highest BCUT2D eigenvalue weighted by molar-refractivity contribution is 7.26. The second-order valence-corrected chi connectivity index (χ2v) is 15.1. The molecule has 0 unspecified atom stereocenters. The van der Waals surface area contributed by atoms with Crippen LogP contribution in [0.25, 0.3) is 86.3 Å². The predicted molar refractivity (Wildman–Crippen MR) is 235 cm³/mol. The molecule has 0 bridgehead atoms. The van der Waals surface area contributed by atoms with E-state index in [0.717, 1.165) is 50.1 Å². The zero-order valence-corrected chi connectivity index (χ0v) is 30.6. The Kier molecular flexibility index (Phi) is 7.39. The van der Waals surface area contributed by atoms with Crippen LogP contribution in [0.4, 0.5) is 17.1 Å². The molecule has 11 aromatic rings. The third-order valence-electron chi connectivity index (χ3n) is 10.9. The van der Waals surface area contributed by atoms with Crippen molar-refractivity contribution in [2.75, 3.05) is 4.90 Å². The number of nitrogens with zero attached hydrogens (tertiary/aromatic N) is 1. The minimum Gasteiger partial charge on any atom is -0.455 e. The first-order chi connectivity index (χ1) is 27.3. The molecule has 0 saturated heterocycles. The summed E-state index contributed by atoms with van der Waals surface area (Å²) in [5.41, 5.74) is 12.1. The topological polar surface area (TPSA) is 16.4 Å². The standard InChI is InChI=1S/C52H33NOS/c1-2-17-39-34(13-1)14-10-23-42(39)43-18-3-6-26-48(43)53(37-31-29-35(30-32-37)40-21-11-24-46-44-19-4-7-27-49(44)54-51(40)46)38-16-9-15-36(33-38)41-22-12-25-47-45-20-5-8-28-50(45)55-52(41)47/h1-33H. The van der Waals surface area contributed by atoms with Crippen LogP contribution in [0.15, 0.2) is 205 Å². The molecule has 0 fully saturated rings. The zero-order chi connectivity index (χ0) is 36.3. The fraction of sp³-hybridized carbons (Fsp3) is 0. The Bertz CT molecular complexity index is 3220. The number of rotatable bonds is 6. The van der Waals surface area contributed by atoms with Gasteiger partial charge in [-0.2, -0.15) is 0 Å². The van der Waals surface area contributed by atoms with Gasteiger partial charge in [0, 0.05) is 53.4 Å². The maximum atomic E-state index is 6.45. The summed E-state index contributed by atoms with van der Waals surface area (Å²) in [6.07, 6.45) is 0. The molecule has 0 N–H and O–H groups in total. The molecule has 0 amide bonds. The average molecular weight is 720 g/mol. The van der Waals surface area contributed by atoms with Gasteiger partial charge >= 0.3 is 0 Å². The lowest BCUT2D eigenvalue weighted by Crippen LogP contribution is -2.11. The van der Waals surface area contributed by atoms with E-state index in [-0.39, 0.29) is 0 Å². The van der Waals surface area contributed by atoms with E-state index in [2.05, 4.69) is 193 Å². The maximum Gasteiger partial charge on any atom is 0.143 e. The van der Waals surface area contributed by atoms with E-state index in [4.69, 9.17) is 4.42 Å². The molecule has 2 aromatic heterocycles. The molecule has 258 valence electrons. The van der Waals surface area contributed by atoms with Gasteiger partial charge in [0.2, 0.25) is 0 Å². The molecule has 0 aliphatic heterocycles. The summed E-state index contributed by atoms with van der Waals surface area (Å²) < 4.78 is 9.07. The van der Waals surface area contributed by atoms with E-state index < -0.39 is 0 Å². The fourth-order valence-corrected chi connectivity index (χ4v) is 9.57. The van der Waals surface area contributed by atoms with E-state index in [9.17, 15) is 0 Å². The van der Waals surface area contributed by atoms with Crippen molar-refractivity contribution in [1.29, 1.82) is 0 Å². The van der Waals surface area contributed by atoms with Crippen molar-refractivity contribution in [3.63, 3.8) is 0 Å². The average Bonchev–Trinajstić information content (AvgIpc) is 3.83. The highest BCUT2D eigenvalue weighted by Crippen LogP contribution is 2.46. The number of benzene rings is 9. The van der Waals surface area contributed by atoms with Gasteiger partial charge in [0.15, 0.2) is 0 Å². The van der Waals surface area contributed by atoms with Crippen molar-refractivity contribution in [3.8, 4) is 33.4 Å². The summed E-state index contributed by atoms with van der Waals surface area (Å²) in [5, 5.41) is 7.34. The number of hydrogen-bond acceptors (Lipinski definition) is 3. The van der Waals surface area contributed by atoms with Gasteiger partial charge in [-0.1, -0.05) is 158 Å². The molecular weight excluding hydrogens is 687 g/mol. The monoisotopic (exact) mass is 719 g/mol. The van der Waals surface area contributed by atoms with Crippen molar-refractivity contribution < 1.29 is 4.42 Å². The molecule has 11 rings (SSSR count). The molecule has 2 heterocycles. The van der Waals surface area contributed by atoms with Gasteiger partial charge in [-0.25, -0.2) is 0 Å². The Morgan fingerprint density at radius 3 is 1.93 bits per heavy atom. The Morgan fingerprint density at radius 1 is 0.382 bits per heavy atom. The van der Waals surface area contributed by atoms with E-state index in [1.165, 1.54) is 53.2 Å². The minimum atomic E-state index is 0.906. The van der Waals surface area contributed by atoms with E-state index in [0.29, 0.717) is 0 Å². The first kappa shape index (κ1) is 31.6. The molecule has 0 atom stereocenters. The molecule has 3 heteroatoms. The normalized spacial score (nSPS) is 11.6. The molecule has 0 aliphatic carbocycles. The zero-order valence-electron chi connectivity index (χ0n) is 29.8. The Hall–Kier alpha value is -6.94. The van der Waals surface area contributed by atoms with Crippen molar-refractivity contribution in [1.82, 2.24) is 0 Å². The smallest absolute Gasteiger partial charge is 0.143 e. The van der Waals surface area contributed by atoms with E-state index in [1.54, 1.807) is 0 Å². The van der Waals surface area contributed by atoms with Crippen LogP contribution in [0, 0.1) is 0 Å². The molecule has 0 saturated carbocycles. The molecule has 0 aliphatic rings. The van der Waals surface area contributed by atoms with Crippen molar-refractivity contribution in [3.05, 3.63) is 200 Å². The highest BCUT2D eigenvalue weighted by Gasteiger charge is 2.20. The number of para-hydroxylation sites is 3. The molecule has 2 nitrogen and oxygen atoms in total. The molecule has 0 spiro atoms. The Balaban J connectivity index is 1.10. The molecule has 0 radical (unpaired) electrons. The second-order valence-electron chi connectivity index (χ2n) is 14.0. The summed E-state index contributed by atoms with van der Waals surface area (Å²) in [6.45, 7) is 0.